The van der Waals surface area contributed by atoms with Crippen molar-refractivity contribution in [3.05, 3.63) is 88.2 Å². The summed E-state index contributed by atoms with van der Waals surface area (Å²) < 4.78 is 2.43. The lowest BCUT2D eigenvalue weighted by Gasteiger charge is -2.19. The molecular weight excluding hydrogens is 414 g/mol. The monoisotopic (exact) mass is 429 g/mol. The summed E-state index contributed by atoms with van der Waals surface area (Å²) in [4.78, 5) is 17.7. The van der Waals surface area contributed by atoms with Crippen molar-refractivity contribution in [3.8, 4) is 11.3 Å². The van der Waals surface area contributed by atoms with Crippen molar-refractivity contribution in [1.82, 2.24) is 14.8 Å². The number of benzene rings is 2. The molecule has 5 heteroatoms. The maximum atomic E-state index is 13.4. The van der Waals surface area contributed by atoms with Gasteiger partial charge in [-0.25, -0.2) is 0 Å². The average Bonchev–Trinajstić information content (AvgIpc) is 3.05. The Labute approximate surface area is 170 Å². The molecule has 2 aromatic heterocycles. The Hall–Kier alpha value is -3.05. The van der Waals surface area contributed by atoms with Gasteiger partial charge in [-0.2, -0.15) is 9.78 Å². The lowest BCUT2D eigenvalue weighted by molar-refractivity contribution is 0.0958. The summed E-state index contributed by atoms with van der Waals surface area (Å²) in [5.74, 6) is -0.0927. The third-order valence-corrected chi connectivity index (χ3v) is 5.95. The van der Waals surface area contributed by atoms with Crippen LogP contribution < -0.4 is 0 Å². The van der Waals surface area contributed by atoms with Crippen LogP contribution in [-0.2, 0) is 6.42 Å². The van der Waals surface area contributed by atoms with Gasteiger partial charge in [0.25, 0.3) is 5.91 Å². The number of allylic oxidation sites excluding steroid dienone is 2. The molecule has 0 bridgehead atoms. The Bertz CT molecular complexity index is 1270. The van der Waals surface area contributed by atoms with Crippen LogP contribution in [0.4, 0.5) is 0 Å². The first-order valence-electron chi connectivity index (χ1n) is 9.06. The number of carbonyl (C=O) groups excluding carboxylic acids is 1. The van der Waals surface area contributed by atoms with Gasteiger partial charge in [-0.15, -0.1) is 0 Å². The Morgan fingerprint density at radius 3 is 2.64 bits per heavy atom. The van der Waals surface area contributed by atoms with Crippen LogP contribution in [-0.4, -0.2) is 20.7 Å². The summed E-state index contributed by atoms with van der Waals surface area (Å²) in [6.07, 6.45) is 2.45. The number of nitrogens with zero attached hydrogens (tertiary/aromatic N) is 3. The minimum Gasteiger partial charge on any atom is -0.267 e. The minimum atomic E-state index is -0.0927. The van der Waals surface area contributed by atoms with E-state index in [1.807, 2.05) is 67.6 Å². The number of fused-ring (bicyclic) bond motifs is 2. The van der Waals surface area contributed by atoms with Gasteiger partial charge in [0.15, 0.2) is 0 Å². The van der Waals surface area contributed by atoms with E-state index in [0.29, 0.717) is 12.0 Å². The summed E-state index contributed by atoms with van der Waals surface area (Å²) in [7, 11) is 0. The van der Waals surface area contributed by atoms with E-state index < -0.39 is 0 Å². The molecule has 2 aromatic carbocycles. The molecule has 4 nitrogen and oxygen atoms in total. The standard InChI is InChI=1S/C23H16BrN3O/c1-14-12-19-21(24)22(15-6-3-2-4-7-15)26-27(19)23(28)20(14)17-9-10-18-16(13-17)8-5-11-25-18/h2-11,13H,12H2,1H3. The molecule has 0 spiro atoms. The number of aromatic nitrogens is 3. The smallest absolute Gasteiger partial charge is 0.267 e. The van der Waals surface area contributed by atoms with Crippen LogP contribution in [0.25, 0.3) is 27.7 Å². The van der Waals surface area contributed by atoms with Gasteiger partial charge in [0.2, 0.25) is 0 Å². The van der Waals surface area contributed by atoms with Gasteiger partial charge < -0.3 is 0 Å². The first-order chi connectivity index (χ1) is 13.6. The summed E-state index contributed by atoms with van der Waals surface area (Å²) in [6, 6.07) is 19.8. The third-order valence-electron chi connectivity index (χ3n) is 5.12. The molecular formula is C23H16BrN3O. The Morgan fingerprint density at radius 1 is 1.00 bits per heavy atom. The predicted molar refractivity (Wildman–Crippen MR) is 114 cm³/mol. The molecule has 1 aliphatic heterocycles. The molecule has 1 aliphatic rings. The molecule has 0 saturated carbocycles. The van der Waals surface area contributed by atoms with Gasteiger partial charge in [0.1, 0.15) is 5.69 Å². The van der Waals surface area contributed by atoms with Gasteiger partial charge in [-0.1, -0.05) is 48.0 Å². The largest absolute Gasteiger partial charge is 0.279 e. The van der Waals surface area contributed by atoms with E-state index in [4.69, 9.17) is 0 Å². The first kappa shape index (κ1) is 17.1. The number of hydrogen-bond donors (Lipinski definition) is 0. The SMILES string of the molecule is CC1=C(c2ccc3ncccc3c2)C(=O)n2nc(-c3ccccc3)c(Br)c2C1. The third kappa shape index (κ3) is 2.62. The number of hydrogen-bond acceptors (Lipinski definition) is 3. The van der Waals surface area contributed by atoms with Crippen LogP contribution in [0.5, 0.6) is 0 Å². The van der Waals surface area contributed by atoms with Crippen LogP contribution in [0, 0.1) is 0 Å². The second-order valence-electron chi connectivity index (χ2n) is 6.94. The molecule has 5 rings (SSSR count). The number of pyridine rings is 1. The van der Waals surface area contributed by atoms with Crippen LogP contribution in [0.3, 0.4) is 0 Å². The highest BCUT2D eigenvalue weighted by Crippen LogP contribution is 2.37. The van der Waals surface area contributed by atoms with E-state index in [1.54, 1.807) is 10.9 Å². The fraction of sp³-hybridized carbons (Fsp3) is 0.0870. The normalized spacial score (nSPS) is 13.9. The Kier molecular flexibility index (Phi) is 3.98. The van der Waals surface area contributed by atoms with E-state index in [1.165, 1.54) is 0 Å². The number of halogens is 1. The van der Waals surface area contributed by atoms with Crippen molar-refractivity contribution in [3.63, 3.8) is 0 Å². The zero-order chi connectivity index (χ0) is 19.3. The fourth-order valence-electron chi connectivity index (χ4n) is 3.76. The van der Waals surface area contributed by atoms with Crippen LogP contribution in [0.1, 0.15) is 23.0 Å². The quantitative estimate of drug-likeness (QED) is 0.420. The first-order valence-corrected chi connectivity index (χ1v) is 9.85. The minimum absolute atomic E-state index is 0.0927. The lowest BCUT2D eigenvalue weighted by Crippen LogP contribution is -2.23. The highest BCUT2D eigenvalue weighted by Gasteiger charge is 2.30. The highest BCUT2D eigenvalue weighted by atomic mass is 79.9. The van der Waals surface area contributed by atoms with Crippen molar-refractivity contribution in [2.75, 3.05) is 0 Å². The van der Waals surface area contributed by atoms with Gasteiger partial charge in [-0.3, -0.25) is 9.78 Å². The number of carbonyl (C=O) groups is 1. The maximum Gasteiger partial charge on any atom is 0.279 e. The van der Waals surface area contributed by atoms with Gasteiger partial charge >= 0.3 is 0 Å². The molecule has 136 valence electrons. The average molecular weight is 430 g/mol. The van der Waals surface area contributed by atoms with Crippen LogP contribution >= 0.6 is 15.9 Å². The van der Waals surface area contributed by atoms with Crippen molar-refractivity contribution in [2.24, 2.45) is 0 Å². The molecule has 0 N–H and O–H groups in total. The van der Waals surface area contributed by atoms with Crippen LogP contribution in [0.2, 0.25) is 0 Å². The summed E-state index contributed by atoms with van der Waals surface area (Å²) in [5, 5.41) is 5.67. The van der Waals surface area contributed by atoms with E-state index in [-0.39, 0.29) is 5.91 Å². The zero-order valence-corrected chi connectivity index (χ0v) is 16.8. The molecule has 0 saturated heterocycles. The topological polar surface area (TPSA) is 47.8 Å². The lowest BCUT2D eigenvalue weighted by atomic mass is 9.93. The van der Waals surface area contributed by atoms with Gasteiger partial charge in [0, 0.05) is 29.1 Å². The van der Waals surface area contributed by atoms with E-state index in [9.17, 15) is 4.79 Å². The maximum absolute atomic E-state index is 13.4. The number of rotatable bonds is 2. The zero-order valence-electron chi connectivity index (χ0n) is 15.2. The van der Waals surface area contributed by atoms with Crippen molar-refractivity contribution in [1.29, 1.82) is 0 Å². The molecule has 0 fully saturated rings. The van der Waals surface area contributed by atoms with Crippen molar-refractivity contribution < 1.29 is 4.79 Å². The Morgan fingerprint density at radius 2 is 1.82 bits per heavy atom. The highest BCUT2D eigenvalue weighted by molar-refractivity contribution is 9.10. The summed E-state index contributed by atoms with van der Waals surface area (Å²) >= 11 is 3.67. The van der Waals surface area contributed by atoms with Crippen molar-refractivity contribution in [2.45, 2.75) is 13.3 Å². The van der Waals surface area contributed by atoms with Crippen molar-refractivity contribution >= 4 is 38.3 Å². The second-order valence-corrected chi connectivity index (χ2v) is 7.73. The molecule has 4 aromatic rings. The summed E-state index contributed by atoms with van der Waals surface area (Å²) in [6.45, 7) is 2.02. The van der Waals surface area contributed by atoms with E-state index in [2.05, 4.69) is 26.0 Å². The second kappa shape index (κ2) is 6.53. The fourth-order valence-corrected chi connectivity index (χ4v) is 4.38. The molecule has 0 atom stereocenters. The molecule has 3 heterocycles. The molecule has 0 unspecified atom stereocenters. The molecule has 0 amide bonds. The molecule has 0 aliphatic carbocycles. The van der Waals surface area contributed by atoms with E-state index >= 15 is 0 Å². The Balaban J connectivity index is 1.63. The van der Waals surface area contributed by atoms with Gasteiger partial charge in [0.05, 0.1) is 15.7 Å². The van der Waals surface area contributed by atoms with Crippen LogP contribution in [0.15, 0.2) is 76.9 Å². The molecule has 0 radical (unpaired) electrons. The summed E-state index contributed by atoms with van der Waals surface area (Å²) in [5.41, 5.74) is 6.25. The van der Waals surface area contributed by atoms with E-state index in [0.717, 1.165) is 43.5 Å². The molecule has 28 heavy (non-hydrogen) atoms. The van der Waals surface area contributed by atoms with Gasteiger partial charge in [-0.05, 0) is 46.6 Å². The predicted octanol–water partition coefficient (Wildman–Crippen LogP) is 5.53.